The molecule has 19 heavy (non-hydrogen) atoms. The number of halogens is 1. The summed E-state index contributed by atoms with van der Waals surface area (Å²) in [6.07, 6.45) is 1.70. The molecule has 0 saturated heterocycles. The number of aromatic nitrogens is 2. The van der Waals surface area contributed by atoms with E-state index in [1.54, 1.807) is 6.20 Å². The molecule has 0 amide bonds. The molecule has 0 unspecified atom stereocenters. The van der Waals surface area contributed by atoms with Crippen molar-refractivity contribution >= 4 is 11.6 Å². The maximum absolute atomic E-state index is 5.94. The van der Waals surface area contributed by atoms with Gasteiger partial charge in [0.1, 0.15) is 17.3 Å². The molecule has 0 aliphatic carbocycles. The van der Waals surface area contributed by atoms with E-state index in [0.717, 1.165) is 22.8 Å². The Labute approximate surface area is 118 Å². The number of para-hydroxylation sites is 1. The molecule has 0 aliphatic rings. The van der Waals surface area contributed by atoms with Crippen LogP contribution in [0.2, 0.25) is 0 Å². The van der Waals surface area contributed by atoms with Gasteiger partial charge in [0.25, 0.3) is 0 Å². The van der Waals surface area contributed by atoms with E-state index in [-0.39, 0.29) is 5.92 Å². The van der Waals surface area contributed by atoms with E-state index in [0.29, 0.717) is 11.6 Å². The highest BCUT2D eigenvalue weighted by atomic mass is 35.5. The first-order valence-electron chi connectivity index (χ1n) is 6.27. The van der Waals surface area contributed by atoms with E-state index in [1.165, 1.54) is 0 Å². The Morgan fingerprint density at radius 3 is 2.58 bits per heavy atom. The van der Waals surface area contributed by atoms with Crippen molar-refractivity contribution < 1.29 is 4.74 Å². The van der Waals surface area contributed by atoms with Gasteiger partial charge in [0.15, 0.2) is 5.75 Å². The monoisotopic (exact) mass is 276 g/mol. The Hall–Kier alpha value is -1.61. The summed E-state index contributed by atoms with van der Waals surface area (Å²) in [6, 6.07) is 7.83. The van der Waals surface area contributed by atoms with Crippen LogP contribution in [0.5, 0.6) is 11.5 Å². The Bertz CT molecular complexity index is 570. The molecule has 3 nitrogen and oxygen atoms in total. The van der Waals surface area contributed by atoms with Crippen LogP contribution >= 0.6 is 11.6 Å². The van der Waals surface area contributed by atoms with Gasteiger partial charge < -0.3 is 4.74 Å². The van der Waals surface area contributed by atoms with Crippen molar-refractivity contribution in [1.29, 1.82) is 0 Å². The van der Waals surface area contributed by atoms with E-state index in [1.807, 2.05) is 31.2 Å². The van der Waals surface area contributed by atoms with E-state index in [9.17, 15) is 0 Å². The number of rotatable bonds is 4. The molecule has 0 atom stereocenters. The largest absolute Gasteiger partial charge is 0.453 e. The first-order valence-corrected chi connectivity index (χ1v) is 6.80. The smallest absolute Gasteiger partial charge is 0.168 e. The zero-order valence-corrected chi connectivity index (χ0v) is 12.1. The minimum absolute atomic E-state index is 0.273. The van der Waals surface area contributed by atoms with Gasteiger partial charge in [-0.1, -0.05) is 32.0 Å². The number of benzene rings is 1. The van der Waals surface area contributed by atoms with Gasteiger partial charge in [-0.3, -0.25) is 0 Å². The van der Waals surface area contributed by atoms with Gasteiger partial charge >= 0.3 is 0 Å². The quantitative estimate of drug-likeness (QED) is 0.775. The van der Waals surface area contributed by atoms with Crippen LogP contribution in [0.25, 0.3) is 0 Å². The van der Waals surface area contributed by atoms with Crippen molar-refractivity contribution in [1.82, 2.24) is 9.97 Å². The molecule has 2 rings (SSSR count). The second-order valence-corrected chi connectivity index (χ2v) is 4.96. The van der Waals surface area contributed by atoms with Crippen LogP contribution in [0.15, 0.2) is 30.5 Å². The third kappa shape index (κ3) is 3.24. The van der Waals surface area contributed by atoms with E-state index in [4.69, 9.17) is 16.3 Å². The molecule has 1 aromatic heterocycles. The lowest BCUT2D eigenvalue weighted by Gasteiger charge is -2.12. The fourth-order valence-electron chi connectivity index (χ4n) is 1.67. The Kier molecular flexibility index (Phi) is 4.38. The highest BCUT2D eigenvalue weighted by molar-refractivity contribution is 6.17. The van der Waals surface area contributed by atoms with Crippen LogP contribution in [0.4, 0.5) is 0 Å². The molecular weight excluding hydrogens is 260 g/mol. The van der Waals surface area contributed by atoms with Crippen molar-refractivity contribution in [3.05, 3.63) is 47.5 Å². The molecule has 1 aromatic carbocycles. The molecule has 0 fully saturated rings. The zero-order chi connectivity index (χ0) is 13.8. The summed E-state index contributed by atoms with van der Waals surface area (Å²) in [5, 5.41) is 0. The summed E-state index contributed by atoms with van der Waals surface area (Å²) in [5.74, 6) is 2.79. The molecule has 0 aliphatic heterocycles. The summed E-state index contributed by atoms with van der Waals surface area (Å²) in [6.45, 7) is 6.10. The molecule has 0 bridgehead atoms. The summed E-state index contributed by atoms with van der Waals surface area (Å²) in [7, 11) is 0. The molecular formula is C15H17ClN2O. The number of aryl methyl sites for hydroxylation is 1. The van der Waals surface area contributed by atoms with Gasteiger partial charge in [-0.05, 0) is 18.6 Å². The predicted octanol–water partition coefficient (Wildman–Crippen LogP) is 4.44. The predicted molar refractivity (Wildman–Crippen MR) is 76.9 cm³/mol. The van der Waals surface area contributed by atoms with Gasteiger partial charge in [0.2, 0.25) is 0 Å². The topological polar surface area (TPSA) is 35.0 Å². The lowest BCUT2D eigenvalue weighted by Crippen LogP contribution is -2.02. The lowest BCUT2D eigenvalue weighted by molar-refractivity contribution is 0.466. The van der Waals surface area contributed by atoms with Gasteiger partial charge in [0, 0.05) is 5.92 Å². The van der Waals surface area contributed by atoms with Crippen molar-refractivity contribution in [3.63, 3.8) is 0 Å². The van der Waals surface area contributed by atoms with Crippen LogP contribution in [-0.2, 0) is 5.88 Å². The fourth-order valence-corrected chi connectivity index (χ4v) is 1.86. The van der Waals surface area contributed by atoms with Crippen LogP contribution in [-0.4, -0.2) is 9.97 Å². The van der Waals surface area contributed by atoms with E-state index < -0.39 is 0 Å². The number of alkyl halides is 1. The highest BCUT2D eigenvalue weighted by Gasteiger charge is 2.11. The second-order valence-electron chi connectivity index (χ2n) is 4.70. The third-order valence-electron chi connectivity index (χ3n) is 2.80. The molecule has 100 valence electrons. The summed E-state index contributed by atoms with van der Waals surface area (Å²) in [4.78, 5) is 8.77. The number of hydrogen-bond acceptors (Lipinski definition) is 3. The van der Waals surface area contributed by atoms with E-state index in [2.05, 4.69) is 23.8 Å². The minimum atomic E-state index is 0.273. The third-order valence-corrected chi connectivity index (χ3v) is 3.06. The van der Waals surface area contributed by atoms with Crippen molar-refractivity contribution in [3.8, 4) is 11.5 Å². The fraction of sp³-hybridized carbons (Fsp3) is 0.333. The maximum atomic E-state index is 5.94. The van der Waals surface area contributed by atoms with Crippen LogP contribution in [0.1, 0.15) is 36.8 Å². The number of nitrogens with zero attached hydrogens (tertiary/aromatic N) is 2. The Morgan fingerprint density at radius 1 is 1.21 bits per heavy atom. The van der Waals surface area contributed by atoms with Gasteiger partial charge in [-0.15, -0.1) is 11.6 Å². The molecule has 0 spiro atoms. The number of hydrogen-bond donors (Lipinski definition) is 0. The van der Waals surface area contributed by atoms with Crippen LogP contribution in [0, 0.1) is 6.92 Å². The average Bonchev–Trinajstić information content (AvgIpc) is 2.41. The first-order chi connectivity index (χ1) is 9.11. The molecule has 0 radical (unpaired) electrons. The minimum Gasteiger partial charge on any atom is -0.453 e. The van der Waals surface area contributed by atoms with Crippen molar-refractivity contribution in [2.75, 3.05) is 0 Å². The highest BCUT2D eigenvalue weighted by Crippen LogP contribution is 2.27. The average molecular weight is 277 g/mol. The molecule has 2 aromatic rings. The molecule has 0 N–H and O–H groups in total. The number of ether oxygens (including phenoxy) is 1. The Morgan fingerprint density at radius 2 is 1.95 bits per heavy atom. The van der Waals surface area contributed by atoms with Gasteiger partial charge in [-0.25, -0.2) is 9.97 Å². The van der Waals surface area contributed by atoms with Gasteiger partial charge in [-0.2, -0.15) is 0 Å². The molecule has 4 heteroatoms. The first kappa shape index (κ1) is 13.8. The Balaban J connectivity index is 2.33. The second kappa shape index (κ2) is 6.02. The summed E-state index contributed by atoms with van der Waals surface area (Å²) in [5.41, 5.74) is 1.79. The standard InChI is InChI=1S/C15H17ClN2O/c1-10(2)15-17-9-14(12(8-16)18-15)19-13-7-5-4-6-11(13)3/h4-7,9-10H,8H2,1-3H3. The lowest BCUT2D eigenvalue weighted by atomic mass is 10.2. The summed E-state index contributed by atoms with van der Waals surface area (Å²) < 4.78 is 5.86. The van der Waals surface area contributed by atoms with Crippen LogP contribution < -0.4 is 4.74 Å². The molecule has 1 heterocycles. The SMILES string of the molecule is Cc1ccccc1Oc1cnc(C(C)C)nc1CCl. The summed E-state index contributed by atoms with van der Waals surface area (Å²) >= 11 is 5.94. The maximum Gasteiger partial charge on any atom is 0.168 e. The van der Waals surface area contributed by atoms with Crippen LogP contribution in [0.3, 0.4) is 0 Å². The normalized spacial score (nSPS) is 10.8. The zero-order valence-electron chi connectivity index (χ0n) is 11.4. The van der Waals surface area contributed by atoms with Crippen molar-refractivity contribution in [2.24, 2.45) is 0 Å². The van der Waals surface area contributed by atoms with Crippen molar-refractivity contribution in [2.45, 2.75) is 32.6 Å². The van der Waals surface area contributed by atoms with E-state index >= 15 is 0 Å². The molecule has 0 saturated carbocycles. The van der Waals surface area contributed by atoms with Gasteiger partial charge in [0.05, 0.1) is 12.1 Å².